The number of ether oxygens (including phenoxy) is 1. The first kappa shape index (κ1) is 15.8. The average Bonchev–Trinajstić information content (AvgIpc) is 2.53. The number of carboxylic acid groups (broad SMARTS) is 1. The van der Waals surface area contributed by atoms with Gasteiger partial charge < -0.3 is 9.84 Å². The maximum Gasteiger partial charge on any atom is 0.318 e. The topological polar surface area (TPSA) is 59.4 Å². The van der Waals surface area contributed by atoms with Gasteiger partial charge in [-0.2, -0.15) is 0 Å². The van der Waals surface area contributed by atoms with E-state index in [0.29, 0.717) is 12.3 Å². The van der Waals surface area contributed by atoms with Gasteiger partial charge in [0.2, 0.25) is 5.88 Å². The van der Waals surface area contributed by atoms with E-state index in [1.54, 1.807) is 13.2 Å². The molecule has 0 saturated heterocycles. The number of aliphatic carboxylic acids is 1. The molecular formula is C19H23NO3. The number of methoxy groups -OCH3 is 1. The fraction of sp³-hybridized carbons (Fsp3) is 0.474. The van der Waals surface area contributed by atoms with Crippen LogP contribution >= 0.6 is 0 Å². The van der Waals surface area contributed by atoms with Crippen molar-refractivity contribution in [2.75, 3.05) is 7.11 Å². The van der Waals surface area contributed by atoms with Crippen LogP contribution in [-0.4, -0.2) is 23.2 Å². The smallest absolute Gasteiger partial charge is 0.318 e. The molecule has 122 valence electrons. The Morgan fingerprint density at radius 2 is 2.26 bits per heavy atom. The Hall–Kier alpha value is -2.10. The zero-order chi connectivity index (χ0) is 16.8. The van der Waals surface area contributed by atoms with E-state index >= 15 is 0 Å². The third kappa shape index (κ3) is 2.04. The van der Waals surface area contributed by atoms with Crippen LogP contribution in [0.2, 0.25) is 0 Å². The second-order valence-electron chi connectivity index (χ2n) is 6.47. The molecular weight excluding hydrogens is 290 g/mol. The molecule has 0 aromatic carbocycles. The zero-order valence-electron chi connectivity index (χ0n) is 14.1. The van der Waals surface area contributed by atoms with Crippen molar-refractivity contribution < 1.29 is 14.6 Å². The lowest BCUT2D eigenvalue weighted by atomic mass is 9.54. The van der Waals surface area contributed by atoms with Gasteiger partial charge in [0, 0.05) is 17.9 Å². The van der Waals surface area contributed by atoms with Crippen molar-refractivity contribution in [3.63, 3.8) is 0 Å². The third-order valence-electron chi connectivity index (χ3n) is 5.33. The Kier molecular flexibility index (Phi) is 3.78. The highest BCUT2D eigenvalue weighted by Gasteiger charge is 2.55. The molecule has 3 unspecified atom stereocenters. The van der Waals surface area contributed by atoms with Gasteiger partial charge in [-0.25, -0.2) is 4.98 Å². The molecule has 0 aliphatic heterocycles. The van der Waals surface area contributed by atoms with E-state index in [2.05, 4.69) is 18.0 Å². The minimum atomic E-state index is -0.988. The summed E-state index contributed by atoms with van der Waals surface area (Å²) in [4.78, 5) is 17.0. The van der Waals surface area contributed by atoms with E-state index in [1.165, 1.54) is 0 Å². The van der Waals surface area contributed by atoms with Crippen LogP contribution in [0, 0.1) is 5.92 Å². The highest BCUT2D eigenvalue weighted by atomic mass is 16.5. The largest absolute Gasteiger partial charge is 0.481 e. The maximum absolute atomic E-state index is 12.4. The van der Waals surface area contributed by atoms with E-state index in [0.717, 1.165) is 28.8 Å². The van der Waals surface area contributed by atoms with Crippen LogP contribution in [0.3, 0.4) is 0 Å². The number of fused-ring (bicyclic) bond motifs is 4. The minimum Gasteiger partial charge on any atom is -0.481 e. The van der Waals surface area contributed by atoms with Gasteiger partial charge in [0.15, 0.2) is 0 Å². The number of carbonyl (C=O) groups is 1. The van der Waals surface area contributed by atoms with Crippen LogP contribution in [0.5, 0.6) is 5.88 Å². The Morgan fingerprint density at radius 1 is 1.52 bits per heavy atom. The van der Waals surface area contributed by atoms with Crippen molar-refractivity contribution in [2.45, 2.75) is 44.9 Å². The van der Waals surface area contributed by atoms with Crippen molar-refractivity contribution in [2.24, 2.45) is 5.92 Å². The summed E-state index contributed by atoms with van der Waals surface area (Å²) >= 11 is 0. The molecule has 3 rings (SSSR count). The Labute approximate surface area is 136 Å². The molecule has 2 aliphatic rings. The van der Waals surface area contributed by atoms with Crippen molar-refractivity contribution in [1.82, 2.24) is 4.98 Å². The number of hydrogen-bond donors (Lipinski definition) is 1. The molecule has 23 heavy (non-hydrogen) atoms. The summed E-state index contributed by atoms with van der Waals surface area (Å²) in [5.74, 6) is 0.0484. The van der Waals surface area contributed by atoms with Crippen LogP contribution in [0.15, 0.2) is 35.4 Å². The predicted octanol–water partition coefficient (Wildman–Crippen LogP) is 3.83. The number of hydrogen-bond acceptors (Lipinski definition) is 3. The van der Waals surface area contributed by atoms with Crippen molar-refractivity contribution in [3.05, 3.63) is 46.7 Å². The standard InChI is InChI=1S/C19H23NO3/c1-5-12-13-9-11(3)10-19(18(21)22,14(13)6-2)15-7-8-16(23-4)20-17(12)15/h6-9,12-13H,5,10H2,1-4H3,(H,21,22)/b14-6+. The molecule has 0 amide bonds. The zero-order valence-corrected chi connectivity index (χ0v) is 14.1. The number of nitrogens with zero attached hydrogens (tertiary/aromatic N) is 1. The summed E-state index contributed by atoms with van der Waals surface area (Å²) in [5, 5.41) is 10.2. The second kappa shape index (κ2) is 5.52. The third-order valence-corrected chi connectivity index (χ3v) is 5.33. The van der Waals surface area contributed by atoms with Gasteiger partial charge >= 0.3 is 5.97 Å². The van der Waals surface area contributed by atoms with Crippen LogP contribution < -0.4 is 4.74 Å². The van der Waals surface area contributed by atoms with Gasteiger partial charge in [0.25, 0.3) is 0 Å². The monoisotopic (exact) mass is 313 g/mol. The summed E-state index contributed by atoms with van der Waals surface area (Å²) < 4.78 is 5.27. The van der Waals surface area contributed by atoms with Crippen LogP contribution in [0.1, 0.15) is 50.8 Å². The van der Waals surface area contributed by atoms with Crippen molar-refractivity contribution in [1.29, 1.82) is 0 Å². The van der Waals surface area contributed by atoms with Crippen molar-refractivity contribution in [3.8, 4) is 5.88 Å². The summed E-state index contributed by atoms with van der Waals surface area (Å²) in [5.41, 5.74) is 2.87. The quantitative estimate of drug-likeness (QED) is 0.862. The second-order valence-corrected chi connectivity index (χ2v) is 6.47. The highest BCUT2D eigenvalue weighted by Crippen LogP contribution is 2.56. The van der Waals surface area contributed by atoms with Crippen LogP contribution in [-0.2, 0) is 10.2 Å². The molecule has 0 fully saturated rings. The van der Waals surface area contributed by atoms with Gasteiger partial charge in [-0.3, -0.25) is 4.79 Å². The van der Waals surface area contributed by atoms with Gasteiger partial charge in [-0.15, -0.1) is 0 Å². The molecule has 2 bridgehead atoms. The maximum atomic E-state index is 12.4. The fourth-order valence-corrected chi connectivity index (χ4v) is 4.43. The first-order chi connectivity index (χ1) is 11.0. The highest BCUT2D eigenvalue weighted by molar-refractivity contribution is 5.88. The first-order valence-corrected chi connectivity index (χ1v) is 8.12. The van der Waals surface area contributed by atoms with Gasteiger partial charge in [-0.05, 0) is 37.8 Å². The normalized spacial score (nSPS) is 30.6. The van der Waals surface area contributed by atoms with Gasteiger partial charge in [-0.1, -0.05) is 30.7 Å². The Bertz CT molecular complexity index is 719. The van der Waals surface area contributed by atoms with Crippen molar-refractivity contribution >= 4 is 5.97 Å². The number of rotatable bonds is 3. The van der Waals surface area contributed by atoms with E-state index in [1.807, 2.05) is 26.0 Å². The summed E-state index contributed by atoms with van der Waals surface area (Å²) in [6, 6.07) is 3.67. The van der Waals surface area contributed by atoms with Crippen LogP contribution in [0.4, 0.5) is 0 Å². The summed E-state index contributed by atoms with van der Waals surface area (Å²) in [7, 11) is 1.59. The molecule has 2 aliphatic carbocycles. The molecule has 1 aromatic heterocycles. The van der Waals surface area contributed by atoms with Gasteiger partial charge in [0.05, 0.1) is 12.8 Å². The number of carboxylic acids is 1. The molecule has 4 nitrogen and oxygen atoms in total. The Morgan fingerprint density at radius 3 is 2.83 bits per heavy atom. The van der Waals surface area contributed by atoms with E-state index in [-0.39, 0.29) is 11.8 Å². The lowest BCUT2D eigenvalue weighted by molar-refractivity contribution is -0.143. The molecule has 1 aromatic rings. The van der Waals surface area contributed by atoms with E-state index in [4.69, 9.17) is 4.74 Å². The molecule has 1 heterocycles. The molecule has 0 saturated carbocycles. The Balaban J connectivity index is 2.37. The molecule has 0 radical (unpaired) electrons. The summed E-state index contributed by atoms with van der Waals surface area (Å²) in [6.45, 7) is 6.11. The average molecular weight is 313 g/mol. The van der Waals surface area contributed by atoms with Crippen LogP contribution in [0.25, 0.3) is 0 Å². The molecule has 0 spiro atoms. The first-order valence-electron chi connectivity index (χ1n) is 8.12. The summed E-state index contributed by atoms with van der Waals surface area (Å²) in [6.07, 6.45) is 5.65. The minimum absolute atomic E-state index is 0.0990. The van der Waals surface area contributed by atoms with E-state index in [9.17, 15) is 9.90 Å². The molecule has 3 atom stereocenters. The SMILES string of the molecule is C/C=C1\C2C=C(C)CC1(C(=O)O)c1ccc(OC)nc1C2CC. The predicted molar refractivity (Wildman–Crippen MR) is 88.8 cm³/mol. The number of allylic oxidation sites excluding steroid dienone is 3. The lowest BCUT2D eigenvalue weighted by Gasteiger charge is -2.48. The van der Waals surface area contributed by atoms with Gasteiger partial charge in [0.1, 0.15) is 5.41 Å². The fourth-order valence-electron chi connectivity index (χ4n) is 4.43. The molecule has 4 heteroatoms. The molecule has 1 N–H and O–H groups in total. The number of aromatic nitrogens is 1. The number of pyridine rings is 1. The van der Waals surface area contributed by atoms with E-state index < -0.39 is 11.4 Å². The lowest BCUT2D eigenvalue weighted by Crippen LogP contribution is -2.48.